The summed E-state index contributed by atoms with van der Waals surface area (Å²) < 4.78 is 25.5. The fourth-order valence-corrected chi connectivity index (χ4v) is 3.64. The van der Waals surface area contributed by atoms with Gasteiger partial charge < -0.3 is 16.2 Å². The van der Waals surface area contributed by atoms with Crippen molar-refractivity contribution in [3.05, 3.63) is 18.2 Å². The van der Waals surface area contributed by atoms with Gasteiger partial charge in [-0.25, -0.2) is 12.7 Å². The van der Waals surface area contributed by atoms with Crippen molar-refractivity contribution >= 4 is 21.4 Å². The van der Waals surface area contributed by atoms with Gasteiger partial charge in [0.15, 0.2) is 0 Å². The molecule has 2 unspecified atom stereocenters. The summed E-state index contributed by atoms with van der Waals surface area (Å²) in [5.41, 5.74) is 6.87. The Bertz CT molecular complexity index is 601. The highest BCUT2D eigenvalue weighted by Crippen LogP contribution is 2.30. The Hall–Kier alpha value is -1.31. The predicted octanol–water partition coefficient (Wildman–Crippen LogP) is 1.09. The van der Waals surface area contributed by atoms with E-state index in [0.29, 0.717) is 18.2 Å². The third-order valence-electron chi connectivity index (χ3n) is 3.92. The van der Waals surface area contributed by atoms with Crippen LogP contribution in [0.15, 0.2) is 23.1 Å². The van der Waals surface area contributed by atoms with E-state index in [9.17, 15) is 13.5 Å². The van der Waals surface area contributed by atoms with Gasteiger partial charge in [-0.3, -0.25) is 0 Å². The molecule has 0 radical (unpaired) electrons. The number of nitrogens with two attached hydrogens (primary N) is 1. The highest BCUT2D eigenvalue weighted by atomic mass is 32.2. The van der Waals surface area contributed by atoms with Crippen molar-refractivity contribution in [1.29, 1.82) is 0 Å². The number of aliphatic hydroxyl groups excluding tert-OH is 1. The van der Waals surface area contributed by atoms with Gasteiger partial charge in [-0.2, -0.15) is 0 Å². The number of hydrogen-bond donors (Lipinski definition) is 3. The van der Waals surface area contributed by atoms with Crippen molar-refractivity contribution in [2.75, 3.05) is 31.7 Å². The summed E-state index contributed by atoms with van der Waals surface area (Å²) in [6.07, 6.45) is 2.37. The van der Waals surface area contributed by atoms with E-state index in [1.807, 2.05) is 0 Å². The van der Waals surface area contributed by atoms with Crippen LogP contribution in [0.25, 0.3) is 0 Å². The Morgan fingerprint density at radius 2 is 2.10 bits per heavy atom. The third kappa shape index (κ3) is 3.48. The van der Waals surface area contributed by atoms with Gasteiger partial charge in [0.2, 0.25) is 10.0 Å². The zero-order chi connectivity index (χ0) is 15.6. The van der Waals surface area contributed by atoms with E-state index in [1.54, 1.807) is 12.1 Å². The van der Waals surface area contributed by atoms with Crippen LogP contribution in [0.2, 0.25) is 0 Å². The molecule has 0 bridgehead atoms. The highest BCUT2D eigenvalue weighted by Gasteiger charge is 2.24. The molecule has 4 N–H and O–H groups in total. The minimum Gasteiger partial charge on any atom is -0.396 e. The minimum atomic E-state index is -3.55. The van der Waals surface area contributed by atoms with Crippen molar-refractivity contribution in [3.8, 4) is 0 Å². The first-order chi connectivity index (χ1) is 9.82. The summed E-state index contributed by atoms with van der Waals surface area (Å²) in [6.45, 7) is 0.687. The average Bonchev–Trinajstić information content (AvgIpc) is 2.83. The molecule has 1 fully saturated rings. The lowest BCUT2D eigenvalue weighted by atomic mass is 10.1. The van der Waals surface area contributed by atoms with Gasteiger partial charge in [-0.1, -0.05) is 6.07 Å². The number of anilines is 2. The van der Waals surface area contributed by atoms with Crippen LogP contribution in [0.3, 0.4) is 0 Å². The number of sulfonamides is 1. The van der Waals surface area contributed by atoms with E-state index >= 15 is 0 Å². The largest absolute Gasteiger partial charge is 0.396 e. The van der Waals surface area contributed by atoms with Crippen LogP contribution in [0.1, 0.15) is 19.3 Å². The van der Waals surface area contributed by atoms with Crippen LogP contribution < -0.4 is 11.1 Å². The van der Waals surface area contributed by atoms with Crippen LogP contribution >= 0.6 is 0 Å². The van der Waals surface area contributed by atoms with E-state index in [2.05, 4.69) is 5.32 Å². The fourth-order valence-electron chi connectivity index (χ4n) is 2.61. The summed E-state index contributed by atoms with van der Waals surface area (Å²) >= 11 is 0. The summed E-state index contributed by atoms with van der Waals surface area (Å²) in [7, 11) is -0.586. The van der Waals surface area contributed by atoms with E-state index < -0.39 is 10.0 Å². The number of rotatable bonds is 5. The lowest BCUT2D eigenvalue weighted by Gasteiger charge is -2.18. The maximum atomic E-state index is 12.2. The molecule has 1 aromatic carbocycles. The van der Waals surface area contributed by atoms with Crippen molar-refractivity contribution in [1.82, 2.24) is 4.31 Å². The molecule has 1 aliphatic carbocycles. The number of nitrogens with zero attached hydrogens (tertiary/aromatic N) is 1. The highest BCUT2D eigenvalue weighted by molar-refractivity contribution is 7.89. The summed E-state index contributed by atoms with van der Waals surface area (Å²) in [5.74, 6) is 0.397. The van der Waals surface area contributed by atoms with Crippen LogP contribution in [-0.2, 0) is 10.0 Å². The number of aliphatic hydroxyl groups is 1. The van der Waals surface area contributed by atoms with Crippen molar-refractivity contribution in [3.63, 3.8) is 0 Å². The molecule has 7 heteroatoms. The van der Waals surface area contributed by atoms with E-state index in [-0.39, 0.29) is 16.7 Å². The first kappa shape index (κ1) is 16.1. The second kappa shape index (κ2) is 6.21. The molecule has 2 rings (SSSR count). The average molecular weight is 313 g/mol. The lowest BCUT2D eigenvalue weighted by molar-refractivity contribution is 0.178. The molecule has 6 nitrogen and oxygen atoms in total. The van der Waals surface area contributed by atoms with Crippen LogP contribution in [0.5, 0.6) is 0 Å². The van der Waals surface area contributed by atoms with Crippen LogP contribution in [0, 0.1) is 5.92 Å². The molecule has 1 aromatic rings. The third-order valence-corrected chi connectivity index (χ3v) is 5.79. The number of para-hydroxylation sites is 1. The Balaban J connectivity index is 2.15. The fraction of sp³-hybridized carbons (Fsp3) is 0.571. The van der Waals surface area contributed by atoms with Gasteiger partial charge in [-0.05, 0) is 37.3 Å². The normalized spacial score (nSPS) is 22.7. The molecule has 1 aliphatic rings. The minimum absolute atomic E-state index is 0.115. The molecule has 0 aliphatic heterocycles. The number of benzene rings is 1. The molecule has 0 spiro atoms. The van der Waals surface area contributed by atoms with Crippen LogP contribution in [0.4, 0.5) is 11.4 Å². The zero-order valence-electron chi connectivity index (χ0n) is 12.4. The van der Waals surface area contributed by atoms with Gasteiger partial charge in [0, 0.05) is 20.6 Å². The van der Waals surface area contributed by atoms with Crippen LogP contribution in [-0.4, -0.2) is 44.6 Å². The topological polar surface area (TPSA) is 95.7 Å². The molecule has 0 aromatic heterocycles. The Morgan fingerprint density at radius 3 is 2.67 bits per heavy atom. The SMILES string of the molecule is CN(C)S(=O)(=O)c1cccc(NCC2CCC(O)C2)c1N. The van der Waals surface area contributed by atoms with Gasteiger partial charge >= 0.3 is 0 Å². The smallest absolute Gasteiger partial charge is 0.244 e. The summed E-state index contributed by atoms with van der Waals surface area (Å²) in [4.78, 5) is 0.115. The molecular weight excluding hydrogens is 290 g/mol. The Kier molecular flexibility index (Phi) is 4.75. The molecule has 0 heterocycles. The number of nitrogens with one attached hydrogen (secondary N) is 1. The van der Waals surface area contributed by atoms with Crippen molar-refractivity contribution < 1.29 is 13.5 Å². The summed E-state index contributed by atoms with van der Waals surface area (Å²) in [5, 5.41) is 12.7. The monoisotopic (exact) mass is 313 g/mol. The number of nitrogen functional groups attached to an aromatic ring is 1. The van der Waals surface area contributed by atoms with Gasteiger partial charge in [0.25, 0.3) is 0 Å². The maximum absolute atomic E-state index is 12.2. The molecule has 2 atom stereocenters. The number of hydrogen-bond acceptors (Lipinski definition) is 5. The zero-order valence-corrected chi connectivity index (χ0v) is 13.2. The van der Waals surface area contributed by atoms with Gasteiger partial charge in [0.05, 0.1) is 17.5 Å². The first-order valence-electron chi connectivity index (χ1n) is 7.05. The standard InChI is InChI=1S/C14H23N3O3S/c1-17(2)21(19,20)13-5-3-4-12(14(13)15)16-9-10-6-7-11(18)8-10/h3-5,10-11,16,18H,6-9,15H2,1-2H3. The molecule has 0 amide bonds. The van der Waals surface area contributed by atoms with E-state index in [0.717, 1.165) is 23.6 Å². The van der Waals surface area contributed by atoms with E-state index in [4.69, 9.17) is 5.73 Å². The molecule has 21 heavy (non-hydrogen) atoms. The Labute approximate surface area is 126 Å². The molecule has 118 valence electrons. The summed E-state index contributed by atoms with van der Waals surface area (Å²) in [6, 6.07) is 4.96. The van der Waals surface area contributed by atoms with E-state index in [1.165, 1.54) is 20.2 Å². The first-order valence-corrected chi connectivity index (χ1v) is 8.49. The second-order valence-corrected chi connectivity index (χ2v) is 7.84. The second-order valence-electron chi connectivity index (χ2n) is 5.72. The lowest BCUT2D eigenvalue weighted by Crippen LogP contribution is -2.23. The molecular formula is C14H23N3O3S. The molecule has 0 saturated heterocycles. The van der Waals surface area contributed by atoms with Crippen molar-refractivity contribution in [2.24, 2.45) is 5.92 Å². The van der Waals surface area contributed by atoms with Crippen molar-refractivity contribution in [2.45, 2.75) is 30.3 Å². The maximum Gasteiger partial charge on any atom is 0.244 e. The van der Waals surface area contributed by atoms with Gasteiger partial charge in [-0.15, -0.1) is 0 Å². The molecule has 1 saturated carbocycles. The predicted molar refractivity (Wildman–Crippen MR) is 83.6 cm³/mol. The quantitative estimate of drug-likeness (QED) is 0.707. The van der Waals surface area contributed by atoms with Gasteiger partial charge in [0.1, 0.15) is 4.90 Å². The Morgan fingerprint density at radius 1 is 1.38 bits per heavy atom.